The normalized spacial score (nSPS) is 12.9. The first-order chi connectivity index (χ1) is 9.71. The van der Waals surface area contributed by atoms with Crippen molar-refractivity contribution in [1.82, 2.24) is 5.32 Å². The summed E-state index contributed by atoms with van der Waals surface area (Å²) in [5.74, 6) is -0.582. The summed E-state index contributed by atoms with van der Waals surface area (Å²) >= 11 is 2.98. The van der Waals surface area contributed by atoms with Crippen molar-refractivity contribution in [3.8, 4) is 5.75 Å². The first-order valence-corrected chi connectivity index (χ1v) is 7.09. The van der Waals surface area contributed by atoms with E-state index in [1.54, 1.807) is 0 Å². The van der Waals surface area contributed by atoms with Crippen LogP contribution in [0.4, 0.5) is 18.9 Å². The number of halogens is 4. The fourth-order valence-electron chi connectivity index (χ4n) is 1.70. The molecule has 0 saturated heterocycles. The highest BCUT2D eigenvalue weighted by Crippen LogP contribution is 2.32. The maximum atomic E-state index is 12.1. The Kier molecular flexibility index (Phi) is 6.47. The van der Waals surface area contributed by atoms with E-state index in [4.69, 9.17) is 0 Å². The van der Waals surface area contributed by atoms with Crippen molar-refractivity contribution in [2.24, 2.45) is 0 Å². The minimum Gasteiger partial charge on any atom is -0.405 e. The van der Waals surface area contributed by atoms with Crippen molar-refractivity contribution in [1.29, 1.82) is 0 Å². The molecule has 21 heavy (non-hydrogen) atoms. The molecule has 0 spiro atoms. The summed E-state index contributed by atoms with van der Waals surface area (Å²) in [5, 5.41) is 5.71. The van der Waals surface area contributed by atoms with E-state index in [0.29, 0.717) is 5.69 Å². The molecule has 0 radical (unpaired) electrons. The van der Waals surface area contributed by atoms with Crippen molar-refractivity contribution in [2.75, 3.05) is 11.9 Å². The molecule has 1 rings (SSSR count). The van der Waals surface area contributed by atoms with Gasteiger partial charge in [-0.05, 0) is 47.6 Å². The first-order valence-electron chi connectivity index (χ1n) is 6.29. The monoisotopic (exact) mass is 368 g/mol. The molecule has 0 aliphatic heterocycles. The zero-order valence-electron chi connectivity index (χ0n) is 11.6. The summed E-state index contributed by atoms with van der Waals surface area (Å²) in [5.41, 5.74) is 0.394. The molecular formula is C13H16BrF3N2O2. The van der Waals surface area contributed by atoms with E-state index in [1.807, 2.05) is 13.8 Å². The molecule has 118 valence electrons. The molecule has 4 nitrogen and oxygen atoms in total. The van der Waals surface area contributed by atoms with Gasteiger partial charge in [0.25, 0.3) is 0 Å². The van der Waals surface area contributed by atoms with Crippen LogP contribution in [0.1, 0.15) is 20.3 Å². The van der Waals surface area contributed by atoms with Gasteiger partial charge in [0.2, 0.25) is 5.91 Å². The number of amides is 1. The Bertz CT molecular complexity index is 495. The van der Waals surface area contributed by atoms with E-state index >= 15 is 0 Å². The van der Waals surface area contributed by atoms with E-state index in [-0.39, 0.29) is 28.6 Å². The third-order valence-electron chi connectivity index (χ3n) is 2.49. The number of hydrogen-bond donors (Lipinski definition) is 2. The summed E-state index contributed by atoms with van der Waals surface area (Å²) in [4.78, 5) is 11.7. The molecule has 0 aromatic heterocycles. The highest BCUT2D eigenvalue weighted by Gasteiger charge is 2.31. The minimum absolute atomic E-state index is 0.0197. The molecule has 0 bridgehead atoms. The van der Waals surface area contributed by atoms with Gasteiger partial charge >= 0.3 is 6.36 Å². The number of alkyl halides is 3. The molecule has 0 aliphatic rings. The number of benzene rings is 1. The maximum Gasteiger partial charge on any atom is 0.573 e. The fourth-order valence-corrected chi connectivity index (χ4v) is 2.16. The zero-order valence-corrected chi connectivity index (χ0v) is 13.1. The Hall–Kier alpha value is -1.28. The summed E-state index contributed by atoms with van der Waals surface area (Å²) in [6.07, 6.45) is -4.49. The van der Waals surface area contributed by atoms with Gasteiger partial charge in [0.05, 0.1) is 4.47 Å². The largest absolute Gasteiger partial charge is 0.573 e. The number of anilines is 1. The highest BCUT2D eigenvalue weighted by atomic mass is 79.9. The molecule has 2 N–H and O–H groups in total. The van der Waals surface area contributed by atoms with Gasteiger partial charge in [-0.1, -0.05) is 6.92 Å². The van der Waals surface area contributed by atoms with Crippen molar-refractivity contribution in [3.63, 3.8) is 0 Å². The van der Waals surface area contributed by atoms with Gasteiger partial charge in [0, 0.05) is 18.2 Å². The number of nitrogens with one attached hydrogen (secondary N) is 2. The lowest BCUT2D eigenvalue weighted by molar-refractivity contribution is -0.274. The lowest BCUT2D eigenvalue weighted by Gasteiger charge is -2.14. The summed E-state index contributed by atoms with van der Waals surface area (Å²) in [6, 6.07) is 3.87. The Balaban J connectivity index is 2.65. The van der Waals surface area contributed by atoms with Gasteiger partial charge in [0.1, 0.15) is 5.75 Å². The molecule has 8 heteroatoms. The standard InChI is InChI=1S/C13H16BrF3N2O2/c1-3-18-8(2)6-12(20)19-9-4-5-11(10(14)7-9)21-13(15,16)17/h4-5,7-8,18H,3,6H2,1-2H3,(H,19,20). The molecule has 0 heterocycles. The van der Waals surface area contributed by atoms with E-state index in [9.17, 15) is 18.0 Å². The Labute approximate surface area is 129 Å². The van der Waals surface area contributed by atoms with Crippen molar-refractivity contribution < 1.29 is 22.7 Å². The summed E-state index contributed by atoms with van der Waals surface area (Å²) < 4.78 is 40.3. The third-order valence-corrected chi connectivity index (χ3v) is 3.11. The van der Waals surface area contributed by atoms with Gasteiger partial charge in [-0.25, -0.2) is 0 Å². The lowest BCUT2D eigenvalue weighted by Crippen LogP contribution is -2.30. The van der Waals surface area contributed by atoms with Crippen LogP contribution in [0.25, 0.3) is 0 Å². The average Bonchev–Trinajstić information content (AvgIpc) is 2.31. The number of rotatable bonds is 6. The molecule has 1 aromatic carbocycles. The Morgan fingerprint density at radius 3 is 2.62 bits per heavy atom. The third kappa shape index (κ3) is 6.81. The topological polar surface area (TPSA) is 50.4 Å². The Morgan fingerprint density at radius 2 is 2.10 bits per heavy atom. The molecule has 1 amide bonds. The second-order valence-electron chi connectivity index (χ2n) is 4.40. The van der Waals surface area contributed by atoms with E-state index in [0.717, 1.165) is 12.6 Å². The molecule has 1 atom stereocenters. The van der Waals surface area contributed by atoms with Crippen LogP contribution in [-0.2, 0) is 4.79 Å². The zero-order chi connectivity index (χ0) is 16.0. The number of hydrogen-bond acceptors (Lipinski definition) is 3. The smallest absolute Gasteiger partial charge is 0.405 e. The number of carbonyl (C=O) groups excluding carboxylic acids is 1. The molecule has 0 fully saturated rings. The average molecular weight is 369 g/mol. The van der Waals surface area contributed by atoms with Crippen LogP contribution in [0, 0.1) is 0 Å². The van der Waals surface area contributed by atoms with Gasteiger partial charge in [-0.3, -0.25) is 4.79 Å². The molecule has 1 unspecified atom stereocenters. The second kappa shape index (κ2) is 7.65. The van der Waals surface area contributed by atoms with Crippen molar-refractivity contribution >= 4 is 27.5 Å². The van der Waals surface area contributed by atoms with Gasteiger partial charge in [0.15, 0.2) is 0 Å². The minimum atomic E-state index is -4.76. The lowest BCUT2D eigenvalue weighted by atomic mass is 10.2. The highest BCUT2D eigenvalue weighted by molar-refractivity contribution is 9.10. The van der Waals surface area contributed by atoms with Crippen LogP contribution >= 0.6 is 15.9 Å². The van der Waals surface area contributed by atoms with Crippen LogP contribution in [0.15, 0.2) is 22.7 Å². The van der Waals surface area contributed by atoms with E-state index < -0.39 is 6.36 Å². The maximum absolute atomic E-state index is 12.1. The quantitative estimate of drug-likeness (QED) is 0.805. The van der Waals surface area contributed by atoms with Crippen LogP contribution in [-0.4, -0.2) is 24.9 Å². The summed E-state index contributed by atoms with van der Waals surface area (Å²) in [6.45, 7) is 4.56. The van der Waals surface area contributed by atoms with Crippen LogP contribution in [0.2, 0.25) is 0 Å². The SMILES string of the molecule is CCNC(C)CC(=O)Nc1ccc(OC(F)(F)F)c(Br)c1. The van der Waals surface area contributed by atoms with Crippen molar-refractivity contribution in [3.05, 3.63) is 22.7 Å². The van der Waals surface area contributed by atoms with E-state index in [1.165, 1.54) is 12.1 Å². The van der Waals surface area contributed by atoms with Gasteiger partial charge < -0.3 is 15.4 Å². The number of ether oxygens (including phenoxy) is 1. The summed E-state index contributed by atoms with van der Waals surface area (Å²) in [7, 11) is 0. The number of carbonyl (C=O) groups is 1. The predicted molar refractivity (Wildman–Crippen MR) is 77.2 cm³/mol. The predicted octanol–water partition coefficient (Wildman–Crippen LogP) is 3.67. The Morgan fingerprint density at radius 1 is 1.43 bits per heavy atom. The van der Waals surface area contributed by atoms with Crippen molar-refractivity contribution in [2.45, 2.75) is 32.7 Å². The van der Waals surface area contributed by atoms with Crippen LogP contribution in [0.3, 0.4) is 0 Å². The second-order valence-corrected chi connectivity index (χ2v) is 5.26. The first kappa shape index (κ1) is 17.8. The molecule has 0 aliphatic carbocycles. The fraction of sp³-hybridized carbons (Fsp3) is 0.462. The molecule has 1 aromatic rings. The molecule has 0 saturated carbocycles. The van der Waals surface area contributed by atoms with Crippen LogP contribution in [0.5, 0.6) is 5.75 Å². The van der Waals surface area contributed by atoms with E-state index in [2.05, 4.69) is 31.3 Å². The molecular weight excluding hydrogens is 353 g/mol. The van der Waals surface area contributed by atoms with Crippen LogP contribution < -0.4 is 15.4 Å². The van der Waals surface area contributed by atoms with Gasteiger partial charge in [-0.2, -0.15) is 0 Å². The van der Waals surface area contributed by atoms with Gasteiger partial charge in [-0.15, -0.1) is 13.2 Å².